The third-order valence-corrected chi connectivity index (χ3v) is 3.78. The van der Waals surface area contributed by atoms with Crippen LogP contribution >= 0.6 is 0 Å². The first-order chi connectivity index (χ1) is 11.3. The number of aromatic nitrogens is 1. The number of rotatable bonds is 2. The van der Waals surface area contributed by atoms with E-state index in [-0.39, 0.29) is 5.75 Å². The minimum atomic E-state index is 0.104. The largest absolute Gasteiger partial charge is 0.506 e. The molecule has 4 aromatic rings. The Hall–Kier alpha value is -3.27. The van der Waals surface area contributed by atoms with Gasteiger partial charge in [0.1, 0.15) is 11.4 Å². The fourth-order valence-electron chi connectivity index (χ4n) is 2.68. The summed E-state index contributed by atoms with van der Waals surface area (Å²) >= 11 is 0. The third kappa shape index (κ3) is 2.40. The summed E-state index contributed by atoms with van der Waals surface area (Å²) in [6, 6.07) is 21.1. The lowest BCUT2D eigenvalue weighted by atomic mass is 10.0. The lowest BCUT2D eigenvalue weighted by Crippen LogP contribution is -1.79. The molecule has 1 aromatic heterocycles. The van der Waals surface area contributed by atoms with Crippen LogP contribution in [0.1, 0.15) is 0 Å². The molecule has 0 bridgehead atoms. The van der Waals surface area contributed by atoms with E-state index < -0.39 is 0 Å². The molecule has 0 fully saturated rings. The summed E-state index contributed by atoms with van der Waals surface area (Å²) < 4.78 is 0. The highest BCUT2D eigenvalue weighted by atomic mass is 16.3. The molecule has 23 heavy (non-hydrogen) atoms. The molecule has 4 rings (SSSR count). The Kier molecular flexibility index (Phi) is 3.20. The first-order valence-corrected chi connectivity index (χ1v) is 7.29. The average Bonchev–Trinajstić information content (AvgIpc) is 2.61. The molecule has 4 nitrogen and oxygen atoms in total. The van der Waals surface area contributed by atoms with E-state index in [0.717, 1.165) is 21.5 Å². The number of azo groups is 1. The lowest BCUT2D eigenvalue weighted by Gasteiger charge is -2.07. The summed E-state index contributed by atoms with van der Waals surface area (Å²) in [5.74, 6) is 0.608. The van der Waals surface area contributed by atoms with Crippen molar-refractivity contribution in [3.8, 4) is 5.75 Å². The summed E-state index contributed by atoms with van der Waals surface area (Å²) in [6.45, 7) is 0. The van der Waals surface area contributed by atoms with Gasteiger partial charge in [-0.15, -0.1) is 10.2 Å². The van der Waals surface area contributed by atoms with Crippen molar-refractivity contribution in [2.24, 2.45) is 10.2 Å². The zero-order valence-electron chi connectivity index (χ0n) is 12.2. The van der Waals surface area contributed by atoms with Gasteiger partial charge in [0.2, 0.25) is 0 Å². The predicted molar refractivity (Wildman–Crippen MR) is 91.5 cm³/mol. The van der Waals surface area contributed by atoms with Gasteiger partial charge in [-0.25, -0.2) is 4.98 Å². The minimum absolute atomic E-state index is 0.104. The highest BCUT2D eigenvalue weighted by molar-refractivity contribution is 6.11. The van der Waals surface area contributed by atoms with E-state index in [0.29, 0.717) is 11.5 Å². The molecular weight excluding hydrogens is 286 g/mol. The van der Waals surface area contributed by atoms with Gasteiger partial charge in [-0.3, -0.25) is 0 Å². The topological polar surface area (TPSA) is 57.8 Å². The van der Waals surface area contributed by atoms with Crippen LogP contribution in [0.3, 0.4) is 0 Å². The van der Waals surface area contributed by atoms with Crippen LogP contribution in [0.4, 0.5) is 11.5 Å². The standard InChI is InChI=1S/C19H13N3O/c23-17-11-10-15-14-6-2-1-5-13(14)8-9-16(15)19(17)22-21-18-7-3-4-12-20-18/h1-12,23H. The zero-order valence-corrected chi connectivity index (χ0v) is 12.2. The summed E-state index contributed by atoms with van der Waals surface area (Å²) in [5.41, 5.74) is 0.457. The molecule has 0 aliphatic rings. The molecule has 0 amide bonds. The Balaban J connectivity index is 1.93. The minimum Gasteiger partial charge on any atom is -0.506 e. The van der Waals surface area contributed by atoms with E-state index in [1.165, 1.54) is 0 Å². The van der Waals surface area contributed by atoms with Crippen LogP contribution in [-0.4, -0.2) is 10.1 Å². The van der Waals surface area contributed by atoms with Crippen molar-refractivity contribution in [1.82, 2.24) is 4.98 Å². The summed E-state index contributed by atoms with van der Waals surface area (Å²) in [6.07, 6.45) is 1.66. The van der Waals surface area contributed by atoms with Crippen LogP contribution in [0.2, 0.25) is 0 Å². The van der Waals surface area contributed by atoms with Gasteiger partial charge in [0.05, 0.1) is 0 Å². The van der Waals surface area contributed by atoms with Gasteiger partial charge in [-0.1, -0.05) is 42.5 Å². The Morgan fingerprint density at radius 3 is 2.39 bits per heavy atom. The van der Waals surface area contributed by atoms with Crippen LogP contribution in [0.25, 0.3) is 21.5 Å². The Labute approximate surface area is 132 Å². The van der Waals surface area contributed by atoms with Crippen molar-refractivity contribution >= 4 is 33.1 Å². The molecule has 0 aliphatic heterocycles. The first-order valence-electron chi connectivity index (χ1n) is 7.29. The second-order valence-corrected chi connectivity index (χ2v) is 5.20. The number of pyridine rings is 1. The maximum Gasteiger partial charge on any atom is 0.174 e. The Bertz CT molecular complexity index is 1030. The monoisotopic (exact) mass is 299 g/mol. The quantitative estimate of drug-likeness (QED) is 0.392. The van der Waals surface area contributed by atoms with Gasteiger partial charge in [0.25, 0.3) is 0 Å². The van der Waals surface area contributed by atoms with Crippen molar-refractivity contribution in [2.75, 3.05) is 0 Å². The number of nitrogens with zero attached hydrogens (tertiary/aromatic N) is 3. The summed E-state index contributed by atoms with van der Waals surface area (Å²) in [4.78, 5) is 4.11. The van der Waals surface area contributed by atoms with Crippen molar-refractivity contribution in [1.29, 1.82) is 0 Å². The predicted octanol–water partition coefficient (Wildman–Crippen LogP) is 5.51. The van der Waals surface area contributed by atoms with E-state index in [1.807, 2.05) is 42.5 Å². The molecule has 0 saturated carbocycles. The van der Waals surface area contributed by atoms with E-state index in [9.17, 15) is 5.11 Å². The number of phenols is 1. The molecule has 0 aliphatic carbocycles. The van der Waals surface area contributed by atoms with E-state index >= 15 is 0 Å². The van der Waals surface area contributed by atoms with Gasteiger partial charge in [0.15, 0.2) is 5.82 Å². The third-order valence-electron chi connectivity index (χ3n) is 3.78. The fourth-order valence-corrected chi connectivity index (χ4v) is 2.68. The summed E-state index contributed by atoms with van der Waals surface area (Å²) in [7, 11) is 0. The second-order valence-electron chi connectivity index (χ2n) is 5.20. The van der Waals surface area contributed by atoms with Gasteiger partial charge in [0, 0.05) is 11.6 Å². The number of hydrogen-bond acceptors (Lipinski definition) is 4. The highest BCUT2D eigenvalue weighted by Gasteiger charge is 2.09. The van der Waals surface area contributed by atoms with Crippen molar-refractivity contribution < 1.29 is 5.11 Å². The van der Waals surface area contributed by atoms with Crippen LogP contribution in [0, 0.1) is 0 Å². The smallest absolute Gasteiger partial charge is 0.174 e. The van der Waals surface area contributed by atoms with Gasteiger partial charge in [-0.2, -0.15) is 0 Å². The number of hydrogen-bond donors (Lipinski definition) is 1. The number of fused-ring (bicyclic) bond motifs is 3. The van der Waals surface area contributed by atoms with Crippen molar-refractivity contribution in [3.63, 3.8) is 0 Å². The van der Waals surface area contributed by atoms with Gasteiger partial charge in [-0.05, 0) is 40.4 Å². The van der Waals surface area contributed by atoms with Crippen LogP contribution in [0.15, 0.2) is 83.2 Å². The van der Waals surface area contributed by atoms with Gasteiger partial charge < -0.3 is 5.11 Å². The van der Waals surface area contributed by atoms with Crippen molar-refractivity contribution in [3.05, 3.63) is 72.9 Å². The fraction of sp³-hybridized carbons (Fsp3) is 0. The number of aromatic hydroxyl groups is 1. The van der Waals surface area contributed by atoms with Crippen LogP contribution < -0.4 is 0 Å². The molecule has 1 heterocycles. The molecule has 4 heteroatoms. The molecule has 0 spiro atoms. The second kappa shape index (κ2) is 5.50. The average molecular weight is 299 g/mol. The van der Waals surface area contributed by atoms with E-state index in [4.69, 9.17) is 0 Å². The maximum absolute atomic E-state index is 10.2. The van der Waals surface area contributed by atoms with Crippen LogP contribution in [0.5, 0.6) is 5.75 Å². The normalized spacial score (nSPS) is 11.5. The molecule has 0 unspecified atom stereocenters. The Morgan fingerprint density at radius 2 is 1.52 bits per heavy atom. The lowest BCUT2D eigenvalue weighted by molar-refractivity contribution is 0.477. The van der Waals surface area contributed by atoms with Crippen LogP contribution in [-0.2, 0) is 0 Å². The Morgan fingerprint density at radius 1 is 0.696 bits per heavy atom. The molecule has 0 radical (unpaired) electrons. The molecule has 3 aromatic carbocycles. The van der Waals surface area contributed by atoms with Crippen molar-refractivity contribution in [2.45, 2.75) is 0 Å². The molecule has 110 valence electrons. The zero-order chi connectivity index (χ0) is 15.6. The number of phenolic OH excluding ortho intramolecular Hbond substituents is 1. The molecule has 0 atom stereocenters. The molecule has 0 saturated heterocycles. The summed E-state index contributed by atoms with van der Waals surface area (Å²) in [5, 5.41) is 22.7. The van der Waals surface area contributed by atoms with E-state index in [1.54, 1.807) is 18.3 Å². The number of benzene rings is 3. The van der Waals surface area contributed by atoms with E-state index in [2.05, 4.69) is 27.3 Å². The first kappa shape index (κ1) is 13.4. The van der Waals surface area contributed by atoms with Gasteiger partial charge >= 0.3 is 0 Å². The molecule has 1 N–H and O–H groups in total. The SMILES string of the molecule is Oc1ccc2c(ccc3ccccc32)c1N=Nc1ccccn1. The highest BCUT2D eigenvalue weighted by Crippen LogP contribution is 2.38. The molecular formula is C19H13N3O. The maximum atomic E-state index is 10.2.